The smallest absolute Gasteiger partial charge is 0.331 e. The maximum absolute atomic E-state index is 11.4. The average Bonchev–Trinajstić information content (AvgIpc) is 2.86. The highest BCUT2D eigenvalue weighted by Crippen LogP contribution is 2.08. The van der Waals surface area contributed by atoms with Crippen molar-refractivity contribution in [1.82, 2.24) is 15.0 Å². The zero-order valence-electron chi connectivity index (χ0n) is 9.81. The third-order valence-electron chi connectivity index (χ3n) is 2.01. The van der Waals surface area contributed by atoms with Crippen molar-refractivity contribution >= 4 is 35.3 Å². The predicted octanol–water partition coefficient (Wildman–Crippen LogP) is 0.854. The standard InChI is InChI=1S/C11H11N5O2S/c12-10-14-8(15-11(13)16-10)5-18-9(17)2-1-7-3-4-19-6-7/h1-4,6H,5H2,(H4,12,13,14,15,16)/b2-1+. The minimum atomic E-state index is -0.497. The molecule has 0 aliphatic heterocycles. The summed E-state index contributed by atoms with van der Waals surface area (Å²) in [5, 5.41) is 3.83. The number of ether oxygens (including phenoxy) is 1. The van der Waals surface area contributed by atoms with Gasteiger partial charge >= 0.3 is 5.97 Å². The predicted molar refractivity (Wildman–Crippen MR) is 71.8 cm³/mol. The van der Waals surface area contributed by atoms with Crippen molar-refractivity contribution in [3.8, 4) is 0 Å². The number of aromatic nitrogens is 3. The Morgan fingerprint density at radius 3 is 2.68 bits per heavy atom. The summed E-state index contributed by atoms with van der Waals surface area (Å²) in [5.41, 5.74) is 11.7. The van der Waals surface area contributed by atoms with E-state index in [0.29, 0.717) is 0 Å². The summed E-state index contributed by atoms with van der Waals surface area (Å²) < 4.78 is 4.95. The van der Waals surface area contributed by atoms with E-state index in [-0.39, 0.29) is 24.3 Å². The Bertz CT molecular complexity index is 577. The molecule has 7 nitrogen and oxygen atoms in total. The van der Waals surface area contributed by atoms with Crippen LogP contribution < -0.4 is 11.5 Å². The summed E-state index contributed by atoms with van der Waals surface area (Å²) in [6.45, 7) is -0.107. The largest absolute Gasteiger partial charge is 0.454 e. The number of esters is 1. The lowest BCUT2D eigenvalue weighted by molar-refractivity contribution is -0.139. The highest BCUT2D eigenvalue weighted by molar-refractivity contribution is 7.08. The summed E-state index contributed by atoms with van der Waals surface area (Å²) in [4.78, 5) is 22.6. The molecule has 0 unspecified atom stereocenters. The molecule has 2 aromatic heterocycles. The first-order chi connectivity index (χ1) is 9.13. The summed E-state index contributed by atoms with van der Waals surface area (Å²) in [6, 6.07) is 1.89. The quantitative estimate of drug-likeness (QED) is 0.628. The highest BCUT2D eigenvalue weighted by atomic mass is 32.1. The molecule has 2 heterocycles. The summed E-state index contributed by atoms with van der Waals surface area (Å²) >= 11 is 1.55. The van der Waals surface area contributed by atoms with Crippen LogP contribution in [-0.2, 0) is 16.1 Å². The Morgan fingerprint density at radius 1 is 1.32 bits per heavy atom. The van der Waals surface area contributed by atoms with Crippen LogP contribution in [0.1, 0.15) is 11.4 Å². The molecule has 0 atom stereocenters. The molecule has 0 aliphatic carbocycles. The van der Waals surface area contributed by atoms with Crippen LogP contribution in [0.15, 0.2) is 22.9 Å². The lowest BCUT2D eigenvalue weighted by Gasteiger charge is -2.02. The first kappa shape index (κ1) is 13.0. The van der Waals surface area contributed by atoms with Gasteiger partial charge < -0.3 is 16.2 Å². The number of nitrogens with zero attached hydrogens (tertiary/aromatic N) is 3. The van der Waals surface area contributed by atoms with E-state index < -0.39 is 5.97 Å². The molecule has 19 heavy (non-hydrogen) atoms. The number of nitrogen functional groups attached to an aromatic ring is 2. The summed E-state index contributed by atoms with van der Waals surface area (Å²) in [6.07, 6.45) is 2.99. The number of hydrogen-bond acceptors (Lipinski definition) is 8. The highest BCUT2D eigenvalue weighted by Gasteiger charge is 2.04. The molecule has 0 fully saturated rings. The topological polar surface area (TPSA) is 117 Å². The first-order valence-corrected chi connectivity index (χ1v) is 6.21. The van der Waals surface area contributed by atoms with E-state index in [0.717, 1.165) is 5.56 Å². The normalized spacial score (nSPS) is 10.7. The van der Waals surface area contributed by atoms with E-state index in [1.807, 2.05) is 16.8 Å². The van der Waals surface area contributed by atoms with Crippen molar-refractivity contribution in [3.63, 3.8) is 0 Å². The Hall–Kier alpha value is -2.48. The lowest BCUT2D eigenvalue weighted by atomic mass is 10.3. The number of thiophene rings is 1. The van der Waals surface area contributed by atoms with Crippen molar-refractivity contribution in [1.29, 1.82) is 0 Å². The molecular formula is C11H11N5O2S. The Morgan fingerprint density at radius 2 is 2.05 bits per heavy atom. The number of nitrogens with two attached hydrogens (primary N) is 2. The third-order valence-corrected chi connectivity index (χ3v) is 2.72. The molecule has 0 radical (unpaired) electrons. The van der Waals surface area contributed by atoms with Gasteiger partial charge in [-0.15, -0.1) is 0 Å². The van der Waals surface area contributed by atoms with E-state index in [1.165, 1.54) is 6.08 Å². The van der Waals surface area contributed by atoms with Crippen LogP contribution in [0.4, 0.5) is 11.9 Å². The molecule has 0 aromatic carbocycles. The van der Waals surface area contributed by atoms with Crippen LogP contribution in [0, 0.1) is 0 Å². The maximum atomic E-state index is 11.4. The zero-order chi connectivity index (χ0) is 13.7. The van der Waals surface area contributed by atoms with Gasteiger partial charge in [0.1, 0.15) is 0 Å². The molecule has 0 spiro atoms. The molecule has 0 amide bonds. The molecule has 0 aliphatic rings. The van der Waals surface area contributed by atoms with Gasteiger partial charge in [-0.25, -0.2) is 4.79 Å². The molecule has 98 valence electrons. The number of anilines is 2. The van der Waals surface area contributed by atoms with Crippen molar-refractivity contribution in [3.05, 3.63) is 34.3 Å². The minimum Gasteiger partial charge on any atom is -0.454 e. The molecule has 0 saturated carbocycles. The monoisotopic (exact) mass is 277 g/mol. The van der Waals surface area contributed by atoms with Gasteiger partial charge in [-0.1, -0.05) is 0 Å². The summed E-state index contributed by atoms with van der Waals surface area (Å²) in [5.74, 6) is -0.300. The lowest BCUT2D eigenvalue weighted by Crippen LogP contribution is -2.09. The molecule has 0 saturated heterocycles. The van der Waals surface area contributed by atoms with E-state index in [9.17, 15) is 4.79 Å². The molecule has 2 aromatic rings. The molecule has 0 bridgehead atoms. The van der Waals surface area contributed by atoms with Gasteiger partial charge in [0.25, 0.3) is 0 Å². The molecular weight excluding hydrogens is 266 g/mol. The first-order valence-electron chi connectivity index (χ1n) is 5.26. The van der Waals surface area contributed by atoms with Gasteiger partial charge in [-0.2, -0.15) is 26.3 Å². The summed E-state index contributed by atoms with van der Waals surface area (Å²) in [7, 11) is 0. The fourth-order valence-electron chi connectivity index (χ4n) is 1.24. The van der Waals surface area contributed by atoms with Gasteiger partial charge in [0, 0.05) is 6.08 Å². The van der Waals surface area contributed by atoms with Crippen LogP contribution >= 0.6 is 11.3 Å². The Kier molecular flexibility index (Phi) is 4.04. The van der Waals surface area contributed by atoms with Crippen molar-refractivity contribution in [2.24, 2.45) is 0 Å². The minimum absolute atomic E-state index is 0.00707. The van der Waals surface area contributed by atoms with Crippen LogP contribution in [0.25, 0.3) is 6.08 Å². The second-order valence-corrected chi connectivity index (χ2v) is 4.25. The van der Waals surface area contributed by atoms with E-state index in [4.69, 9.17) is 16.2 Å². The second kappa shape index (κ2) is 5.91. The second-order valence-electron chi connectivity index (χ2n) is 3.47. The molecule has 2 rings (SSSR count). The van der Waals surface area contributed by atoms with E-state index in [1.54, 1.807) is 17.4 Å². The van der Waals surface area contributed by atoms with Gasteiger partial charge in [-0.05, 0) is 28.5 Å². The van der Waals surface area contributed by atoms with Crippen molar-refractivity contribution < 1.29 is 9.53 Å². The van der Waals surface area contributed by atoms with Gasteiger partial charge in [-0.3, -0.25) is 0 Å². The number of carbonyl (C=O) groups excluding carboxylic acids is 1. The number of hydrogen-bond donors (Lipinski definition) is 2. The SMILES string of the molecule is Nc1nc(N)nc(COC(=O)/C=C/c2ccsc2)n1. The van der Waals surface area contributed by atoms with Gasteiger partial charge in [0.05, 0.1) is 0 Å². The zero-order valence-corrected chi connectivity index (χ0v) is 10.6. The fraction of sp³-hybridized carbons (Fsp3) is 0.0909. The van der Waals surface area contributed by atoms with Crippen LogP contribution in [0.2, 0.25) is 0 Å². The molecule has 8 heteroatoms. The van der Waals surface area contributed by atoms with Gasteiger partial charge in [0.2, 0.25) is 11.9 Å². The number of rotatable bonds is 4. The van der Waals surface area contributed by atoms with Crippen LogP contribution in [0.3, 0.4) is 0 Å². The van der Waals surface area contributed by atoms with E-state index >= 15 is 0 Å². The van der Waals surface area contributed by atoms with Gasteiger partial charge in [0.15, 0.2) is 12.4 Å². The van der Waals surface area contributed by atoms with Crippen LogP contribution in [0.5, 0.6) is 0 Å². The number of carbonyl (C=O) groups is 1. The Balaban J connectivity index is 1.89. The Labute approximate surface area is 113 Å². The van der Waals surface area contributed by atoms with E-state index in [2.05, 4.69) is 15.0 Å². The molecule has 4 N–H and O–H groups in total. The average molecular weight is 277 g/mol. The van der Waals surface area contributed by atoms with Crippen molar-refractivity contribution in [2.45, 2.75) is 6.61 Å². The van der Waals surface area contributed by atoms with Crippen LogP contribution in [-0.4, -0.2) is 20.9 Å². The fourth-order valence-corrected chi connectivity index (χ4v) is 1.87. The maximum Gasteiger partial charge on any atom is 0.331 e. The van der Waals surface area contributed by atoms with Crippen molar-refractivity contribution in [2.75, 3.05) is 11.5 Å². The third kappa shape index (κ3) is 4.03.